The number of carbonyl (C=O) groups is 2. The number of ketones is 1. The molecule has 1 fully saturated rings. The maximum atomic E-state index is 12.3. The number of nitrogens with zero attached hydrogens (tertiary/aromatic N) is 2. The summed E-state index contributed by atoms with van der Waals surface area (Å²) in [6, 6.07) is 18.9. The number of amides is 1. The molecule has 3 rings (SSSR count). The van der Waals surface area contributed by atoms with E-state index in [-0.39, 0.29) is 0 Å². The number of hydrogen-bond donors (Lipinski definition) is 0. The van der Waals surface area contributed by atoms with Gasteiger partial charge in [0.05, 0.1) is 0 Å². The summed E-state index contributed by atoms with van der Waals surface area (Å²) >= 11 is 0. The van der Waals surface area contributed by atoms with Crippen LogP contribution in [0, 0.1) is 0 Å². The number of Topliss-reactive ketones (excluding diaryl/α,β-unsaturated/α-hetero) is 1. The van der Waals surface area contributed by atoms with Gasteiger partial charge in [0.15, 0.2) is 0 Å². The Morgan fingerprint density at radius 2 is 1.27 bits per heavy atom. The highest BCUT2D eigenvalue weighted by molar-refractivity contribution is 6.42. The predicted molar refractivity (Wildman–Crippen MR) is 86.0 cm³/mol. The van der Waals surface area contributed by atoms with E-state index in [9.17, 15) is 9.59 Å². The van der Waals surface area contributed by atoms with Crippen LogP contribution in [0.5, 0.6) is 0 Å². The highest BCUT2D eigenvalue weighted by atomic mass is 16.2. The maximum absolute atomic E-state index is 12.3. The van der Waals surface area contributed by atoms with Gasteiger partial charge >= 0.3 is 0 Å². The molecule has 0 saturated carbocycles. The third-order valence-corrected chi connectivity index (χ3v) is 3.92. The van der Waals surface area contributed by atoms with Crippen LogP contribution in [0.15, 0.2) is 60.7 Å². The van der Waals surface area contributed by atoms with Gasteiger partial charge < -0.3 is 9.80 Å². The number of piperazine rings is 1. The molecule has 4 nitrogen and oxygen atoms in total. The lowest BCUT2D eigenvalue weighted by Crippen LogP contribution is -2.50. The van der Waals surface area contributed by atoms with Crippen molar-refractivity contribution in [2.45, 2.75) is 0 Å². The molecule has 0 spiro atoms. The van der Waals surface area contributed by atoms with Gasteiger partial charge in [-0.15, -0.1) is 0 Å². The Bertz CT molecular complexity index is 647. The van der Waals surface area contributed by atoms with Gasteiger partial charge in [-0.1, -0.05) is 48.5 Å². The first-order chi connectivity index (χ1) is 10.8. The van der Waals surface area contributed by atoms with Crippen LogP contribution in [0.4, 0.5) is 5.69 Å². The molecular formula is C18H18N2O2. The van der Waals surface area contributed by atoms with E-state index in [1.807, 2.05) is 24.3 Å². The Labute approximate surface area is 130 Å². The molecule has 0 aliphatic carbocycles. The fourth-order valence-electron chi connectivity index (χ4n) is 2.66. The van der Waals surface area contributed by atoms with E-state index < -0.39 is 11.7 Å². The molecule has 1 saturated heterocycles. The Hall–Kier alpha value is -2.62. The van der Waals surface area contributed by atoms with E-state index in [4.69, 9.17) is 0 Å². The maximum Gasteiger partial charge on any atom is 0.295 e. The van der Waals surface area contributed by atoms with Gasteiger partial charge in [0.25, 0.3) is 5.91 Å². The molecule has 1 aliphatic heterocycles. The SMILES string of the molecule is O=C(C(=O)N1CCN(c2ccccc2)CC1)c1ccccc1. The van der Waals surface area contributed by atoms with Gasteiger partial charge in [-0.2, -0.15) is 0 Å². The van der Waals surface area contributed by atoms with Crippen molar-refractivity contribution in [3.63, 3.8) is 0 Å². The average Bonchev–Trinajstić information content (AvgIpc) is 2.62. The third kappa shape index (κ3) is 3.01. The van der Waals surface area contributed by atoms with Crippen molar-refractivity contribution >= 4 is 17.4 Å². The second-order valence-electron chi connectivity index (χ2n) is 5.31. The zero-order valence-corrected chi connectivity index (χ0v) is 12.3. The second-order valence-corrected chi connectivity index (χ2v) is 5.31. The average molecular weight is 294 g/mol. The predicted octanol–water partition coefficient (Wildman–Crippen LogP) is 2.22. The van der Waals surface area contributed by atoms with Crippen molar-refractivity contribution in [3.05, 3.63) is 66.2 Å². The molecular weight excluding hydrogens is 276 g/mol. The van der Waals surface area contributed by atoms with Gasteiger partial charge in [-0.25, -0.2) is 0 Å². The number of hydrogen-bond acceptors (Lipinski definition) is 3. The van der Waals surface area contributed by atoms with Crippen molar-refractivity contribution in [3.8, 4) is 0 Å². The van der Waals surface area contributed by atoms with E-state index in [1.54, 1.807) is 29.2 Å². The molecule has 1 amide bonds. The molecule has 112 valence electrons. The summed E-state index contributed by atoms with van der Waals surface area (Å²) in [6.45, 7) is 2.65. The lowest BCUT2D eigenvalue weighted by molar-refractivity contribution is -0.126. The first kappa shape index (κ1) is 14.3. The third-order valence-electron chi connectivity index (χ3n) is 3.92. The minimum absolute atomic E-state index is 0.404. The summed E-state index contributed by atoms with van der Waals surface area (Å²) in [5.41, 5.74) is 1.61. The van der Waals surface area contributed by atoms with Crippen LogP contribution in [0.1, 0.15) is 10.4 Å². The van der Waals surface area contributed by atoms with E-state index in [1.165, 1.54) is 0 Å². The molecule has 2 aromatic rings. The van der Waals surface area contributed by atoms with Crippen molar-refractivity contribution < 1.29 is 9.59 Å². The lowest BCUT2D eigenvalue weighted by Gasteiger charge is -2.35. The van der Waals surface area contributed by atoms with E-state index in [0.717, 1.165) is 18.8 Å². The largest absolute Gasteiger partial charge is 0.368 e. The van der Waals surface area contributed by atoms with Gasteiger partial charge in [0, 0.05) is 37.4 Å². The van der Waals surface area contributed by atoms with Crippen molar-refractivity contribution in [2.24, 2.45) is 0 Å². The standard InChI is InChI=1S/C18H18N2O2/c21-17(15-7-3-1-4-8-15)18(22)20-13-11-19(12-14-20)16-9-5-2-6-10-16/h1-10H,11-14H2. The van der Waals surface area contributed by atoms with Crippen molar-refractivity contribution in [1.82, 2.24) is 4.90 Å². The van der Waals surface area contributed by atoms with Crippen molar-refractivity contribution in [2.75, 3.05) is 31.1 Å². The summed E-state index contributed by atoms with van der Waals surface area (Å²) < 4.78 is 0. The monoisotopic (exact) mass is 294 g/mol. The molecule has 22 heavy (non-hydrogen) atoms. The Kier molecular flexibility index (Phi) is 4.19. The van der Waals surface area contributed by atoms with E-state index >= 15 is 0 Å². The summed E-state index contributed by atoms with van der Waals surface area (Å²) in [4.78, 5) is 28.4. The van der Waals surface area contributed by atoms with Crippen LogP contribution in [-0.4, -0.2) is 42.8 Å². The van der Waals surface area contributed by atoms with Gasteiger partial charge in [0.1, 0.15) is 0 Å². The van der Waals surface area contributed by atoms with Crippen LogP contribution in [0.3, 0.4) is 0 Å². The summed E-state index contributed by atoms with van der Waals surface area (Å²) in [7, 11) is 0. The Morgan fingerprint density at radius 3 is 1.86 bits per heavy atom. The molecule has 0 atom stereocenters. The lowest BCUT2D eigenvalue weighted by atomic mass is 10.1. The fourth-order valence-corrected chi connectivity index (χ4v) is 2.66. The molecule has 4 heteroatoms. The highest BCUT2D eigenvalue weighted by Gasteiger charge is 2.26. The smallest absolute Gasteiger partial charge is 0.295 e. The zero-order valence-electron chi connectivity index (χ0n) is 12.3. The van der Waals surface area contributed by atoms with Crippen LogP contribution < -0.4 is 4.90 Å². The molecule has 0 aromatic heterocycles. The molecule has 0 radical (unpaired) electrons. The van der Waals surface area contributed by atoms with Crippen LogP contribution in [0.25, 0.3) is 0 Å². The number of para-hydroxylation sites is 1. The van der Waals surface area contributed by atoms with Crippen LogP contribution >= 0.6 is 0 Å². The number of rotatable bonds is 3. The van der Waals surface area contributed by atoms with Gasteiger partial charge in [-0.3, -0.25) is 9.59 Å². The fraction of sp³-hybridized carbons (Fsp3) is 0.222. The Morgan fingerprint density at radius 1 is 0.727 bits per heavy atom. The van der Waals surface area contributed by atoms with Crippen LogP contribution in [-0.2, 0) is 4.79 Å². The minimum atomic E-state index is -0.422. The molecule has 0 bridgehead atoms. The minimum Gasteiger partial charge on any atom is -0.368 e. The number of benzene rings is 2. The quantitative estimate of drug-likeness (QED) is 0.644. The normalized spacial score (nSPS) is 14.7. The Balaban J connectivity index is 1.62. The summed E-state index contributed by atoms with van der Waals surface area (Å²) in [5.74, 6) is -0.826. The number of carbonyl (C=O) groups excluding carboxylic acids is 2. The second kappa shape index (κ2) is 6.43. The molecule has 0 N–H and O–H groups in total. The molecule has 1 heterocycles. The van der Waals surface area contributed by atoms with Gasteiger partial charge in [0.2, 0.25) is 5.78 Å². The zero-order chi connectivity index (χ0) is 15.4. The van der Waals surface area contributed by atoms with E-state index in [2.05, 4.69) is 17.0 Å². The number of anilines is 1. The first-order valence-corrected chi connectivity index (χ1v) is 7.44. The summed E-state index contributed by atoms with van der Waals surface area (Å²) in [5, 5.41) is 0. The first-order valence-electron chi connectivity index (χ1n) is 7.44. The highest BCUT2D eigenvalue weighted by Crippen LogP contribution is 2.16. The summed E-state index contributed by atoms with van der Waals surface area (Å²) in [6.07, 6.45) is 0. The molecule has 0 unspecified atom stereocenters. The van der Waals surface area contributed by atoms with Gasteiger partial charge in [-0.05, 0) is 12.1 Å². The molecule has 1 aliphatic rings. The van der Waals surface area contributed by atoms with Crippen molar-refractivity contribution in [1.29, 1.82) is 0 Å². The van der Waals surface area contributed by atoms with Crippen LogP contribution in [0.2, 0.25) is 0 Å². The topological polar surface area (TPSA) is 40.6 Å². The molecule has 2 aromatic carbocycles. The van der Waals surface area contributed by atoms with E-state index in [0.29, 0.717) is 18.7 Å².